The number of amides is 1. The molecule has 0 bridgehead atoms. The van der Waals surface area contributed by atoms with Crippen molar-refractivity contribution >= 4 is 11.7 Å². The highest BCUT2D eigenvalue weighted by Gasteiger charge is 2.29. The van der Waals surface area contributed by atoms with Crippen molar-refractivity contribution in [3.05, 3.63) is 23.4 Å². The molecular weight excluding hydrogens is 254 g/mol. The Balaban J connectivity index is 2.33. The zero-order valence-corrected chi connectivity index (χ0v) is 12.4. The van der Waals surface area contributed by atoms with Crippen molar-refractivity contribution < 1.29 is 9.90 Å². The summed E-state index contributed by atoms with van der Waals surface area (Å²) in [6.07, 6.45) is 1.79. The highest BCUT2D eigenvalue weighted by molar-refractivity contribution is 5.95. The first-order valence-corrected chi connectivity index (χ1v) is 7.03. The van der Waals surface area contributed by atoms with Crippen molar-refractivity contribution in [2.75, 3.05) is 18.9 Å². The van der Waals surface area contributed by atoms with E-state index in [2.05, 4.69) is 4.98 Å². The van der Waals surface area contributed by atoms with E-state index in [1.807, 2.05) is 26.8 Å². The Kier molecular flexibility index (Phi) is 3.99. The van der Waals surface area contributed by atoms with Crippen LogP contribution in [0.1, 0.15) is 49.7 Å². The molecule has 0 spiro atoms. The van der Waals surface area contributed by atoms with Gasteiger partial charge in [0.05, 0.1) is 12.6 Å². The molecule has 1 atom stereocenters. The van der Waals surface area contributed by atoms with Gasteiger partial charge in [0, 0.05) is 23.2 Å². The van der Waals surface area contributed by atoms with Gasteiger partial charge < -0.3 is 15.7 Å². The van der Waals surface area contributed by atoms with Crippen LogP contribution in [0.4, 0.5) is 5.82 Å². The molecule has 1 amide bonds. The van der Waals surface area contributed by atoms with Gasteiger partial charge in [0.25, 0.3) is 5.91 Å². The van der Waals surface area contributed by atoms with E-state index in [9.17, 15) is 9.90 Å². The molecule has 20 heavy (non-hydrogen) atoms. The van der Waals surface area contributed by atoms with Crippen molar-refractivity contribution in [1.82, 2.24) is 9.88 Å². The third kappa shape index (κ3) is 2.93. The number of likely N-dealkylation sites (tertiary alicyclic amines) is 1. The summed E-state index contributed by atoms with van der Waals surface area (Å²) in [5, 5.41) is 9.34. The summed E-state index contributed by atoms with van der Waals surface area (Å²) in [7, 11) is 0. The molecule has 1 aromatic heterocycles. The maximum atomic E-state index is 12.6. The number of hydrogen-bond donors (Lipinski definition) is 2. The molecule has 0 aliphatic carbocycles. The Morgan fingerprint density at radius 2 is 2.20 bits per heavy atom. The Morgan fingerprint density at radius 3 is 2.80 bits per heavy atom. The molecule has 2 heterocycles. The normalized spacial score (nSPS) is 19.4. The van der Waals surface area contributed by atoms with Crippen LogP contribution in [0.15, 0.2) is 12.1 Å². The van der Waals surface area contributed by atoms with Crippen LogP contribution in [0.25, 0.3) is 0 Å². The fourth-order valence-electron chi connectivity index (χ4n) is 2.52. The molecule has 1 aliphatic heterocycles. The topological polar surface area (TPSA) is 79.5 Å². The third-order valence-electron chi connectivity index (χ3n) is 3.71. The maximum absolute atomic E-state index is 12.6. The van der Waals surface area contributed by atoms with Gasteiger partial charge in [-0.3, -0.25) is 4.79 Å². The van der Waals surface area contributed by atoms with Crippen LogP contribution in [-0.2, 0) is 5.41 Å². The number of nitrogen functional groups attached to an aromatic ring is 1. The first kappa shape index (κ1) is 14.8. The lowest BCUT2D eigenvalue weighted by atomic mass is 9.90. The van der Waals surface area contributed by atoms with Crippen molar-refractivity contribution in [2.45, 2.75) is 45.1 Å². The second kappa shape index (κ2) is 5.40. The van der Waals surface area contributed by atoms with E-state index in [1.165, 1.54) is 0 Å². The van der Waals surface area contributed by atoms with Crippen LogP contribution < -0.4 is 5.73 Å². The molecule has 1 saturated heterocycles. The largest absolute Gasteiger partial charge is 0.394 e. The smallest absolute Gasteiger partial charge is 0.254 e. The molecule has 5 nitrogen and oxygen atoms in total. The third-order valence-corrected chi connectivity index (χ3v) is 3.71. The van der Waals surface area contributed by atoms with Crippen LogP contribution in [-0.4, -0.2) is 40.1 Å². The number of nitrogens with zero attached hydrogens (tertiary/aromatic N) is 2. The number of anilines is 1. The minimum Gasteiger partial charge on any atom is -0.394 e. The van der Waals surface area contributed by atoms with Crippen molar-refractivity contribution in [2.24, 2.45) is 0 Å². The minimum atomic E-state index is -0.161. The fraction of sp³-hybridized carbons (Fsp3) is 0.600. The van der Waals surface area contributed by atoms with Crippen LogP contribution in [0.2, 0.25) is 0 Å². The summed E-state index contributed by atoms with van der Waals surface area (Å²) in [6.45, 7) is 6.82. The number of nitrogens with two attached hydrogens (primary N) is 1. The lowest BCUT2D eigenvalue weighted by Gasteiger charge is -2.24. The summed E-state index contributed by atoms with van der Waals surface area (Å²) in [5.74, 6) is 0.293. The number of aromatic nitrogens is 1. The number of rotatable bonds is 2. The van der Waals surface area contributed by atoms with Gasteiger partial charge in [-0.1, -0.05) is 20.8 Å². The molecule has 5 heteroatoms. The zero-order valence-electron chi connectivity index (χ0n) is 12.4. The van der Waals surface area contributed by atoms with Gasteiger partial charge in [0.1, 0.15) is 5.82 Å². The van der Waals surface area contributed by atoms with E-state index in [1.54, 1.807) is 11.0 Å². The molecule has 2 rings (SSSR count). The van der Waals surface area contributed by atoms with E-state index in [0.717, 1.165) is 18.5 Å². The summed E-state index contributed by atoms with van der Waals surface area (Å²) in [5.41, 5.74) is 7.03. The molecule has 0 aromatic carbocycles. The molecule has 0 saturated carbocycles. The lowest BCUT2D eigenvalue weighted by Crippen LogP contribution is -2.37. The molecule has 110 valence electrons. The van der Waals surface area contributed by atoms with Gasteiger partial charge in [-0.2, -0.15) is 0 Å². The molecule has 1 fully saturated rings. The van der Waals surface area contributed by atoms with E-state index in [-0.39, 0.29) is 24.0 Å². The second-order valence-corrected chi connectivity index (χ2v) is 6.39. The minimum absolute atomic E-state index is 0.0123. The first-order valence-electron chi connectivity index (χ1n) is 7.03. The quantitative estimate of drug-likeness (QED) is 0.859. The molecule has 1 aliphatic rings. The molecular formula is C15H23N3O2. The molecule has 0 radical (unpaired) electrons. The van der Waals surface area contributed by atoms with Crippen LogP contribution in [0.3, 0.4) is 0 Å². The van der Waals surface area contributed by atoms with Crippen molar-refractivity contribution in [1.29, 1.82) is 0 Å². The summed E-state index contributed by atoms with van der Waals surface area (Å²) in [6, 6.07) is 3.35. The zero-order chi connectivity index (χ0) is 14.9. The molecule has 1 aromatic rings. The summed E-state index contributed by atoms with van der Waals surface area (Å²) < 4.78 is 0. The number of carbonyl (C=O) groups is 1. The standard InChI is InChI=1S/C15H23N3O2/c1-15(2,3)12-7-10(8-13(16)17-12)14(20)18-6-4-5-11(18)9-19/h7-8,11,19H,4-6,9H2,1-3H3,(H2,16,17). The highest BCUT2D eigenvalue weighted by atomic mass is 16.3. The average molecular weight is 277 g/mol. The Hall–Kier alpha value is -1.62. The van der Waals surface area contributed by atoms with Crippen molar-refractivity contribution in [3.8, 4) is 0 Å². The van der Waals surface area contributed by atoms with E-state index < -0.39 is 0 Å². The Labute approximate surface area is 119 Å². The molecule has 3 N–H and O–H groups in total. The van der Waals surface area contributed by atoms with Gasteiger partial charge >= 0.3 is 0 Å². The second-order valence-electron chi connectivity index (χ2n) is 6.39. The Bertz CT molecular complexity index is 508. The monoisotopic (exact) mass is 277 g/mol. The maximum Gasteiger partial charge on any atom is 0.254 e. The molecule has 1 unspecified atom stereocenters. The van der Waals surface area contributed by atoms with Gasteiger partial charge in [-0.15, -0.1) is 0 Å². The van der Waals surface area contributed by atoms with Crippen LogP contribution in [0.5, 0.6) is 0 Å². The van der Waals surface area contributed by atoms with Crippen molar-refractivity contribution in [3.63, 3.8) is 0 Å². The number of aliphatic hydroxyl groups is 1. The summed E-state index contributed by atoms with van der Waals surface area (Å²) >= 11 is 0. The van der Waals surface area contributed by atoms with Gasteiger partial charge in [-0.25, -0.2) is 4.98 Å². The SMILES string of the molecule is CC(C)(C)c1cc(C(=O)N2CCCC2CO)cc(N)n1. The number of carbonyl (C=O) groups excluding carboxylic acids is 1. The highest BCUT2D eigenvalue weighted by Crippen LogP contribution is 2.25. The van der Waals surface area contributed by atoms with Crippen LogP contribution >= 0.6 is 0 Å². The van der Waals surface area contributed by atoms with E-state index in [0.29, 0.717) is 17.9 Å². The van der Waals surface area contributed by atoms with Crippen LogP contribution in [0, 0.1) is 0 Å². The predicted octanol–water partition coefficient (Wildman–Crippen LogP) is 1.56. The first-order chi connectivity index (χ1) is 9.32. The fourth-order valence-corrected chi connectivity index (χ4v) is 2.52. The number of pyridine rings is 1. The number of hydrogen-bond acceptors (Lipinski definition) is 4. The van der Waals surface area contributed by atoms with Gasteiger partial charge in [0.2, 0.25) is 0 Å². The predicted molar refractivity (Wildman–Crippen MR) is 78.5 cm³/mol. The average Bonchev–Trinajstić information content (AvgIpc) is 2.84. The Morgan fingerprint density at radius 1 is 1.50 bits per heavy atom. The number of aliphatic hydroxyl groups excluding tert-OH is 1. The summed E-state index contributed by atoms with van der Waals surface area (Å²) in [4.78, 5) is 18.6. The van der Waals surface area contributed by atoms with E-state index in [4.69, 9.17) is 5.73 Å². The van der Waals surface area contributed by atoms with Gasteiger partial charge in [-0.05, 0) is 25.0 Å². The van der Waals surface area contributed by atoms with E-state index >= 15 is 0 Å². The van der Waals surface area contributed by atoms with Gasteiger partial charge in [0.15, 0.2) is 0 Å². The lowest BCUT2D eigenvalue weighted by molar-refractivity contribution is 0.0677.